The van der Waals surface area contributed by atoms with Gasteiger partial charge < -0.3 is 4.42 Å². The quantitative estimate of drug-likeness (QED) is 0.614. The maximum atomic E-state index is 5.59. The summed E-state index contributed by atoms with van der Waals surface area (Å²) in [7, 11) is 0. The molecule has 3 aromatic rings. The molecule has 1 aromatic heterocycles. The Morgan fingerprint density at radius 2 is 1.76 bits per heavy atom. The van der Waals surface area contributed by atoms with Crippen LogP contribution in [0, 0.1) is 0 Å². The number of rotatable bonds is 2. The highest BCUT2D eigenvalue weighted by molar-refractivity contribution is 5.86. The molecule has 3 rings (SSSR count). The Morgan fingerprint density at radius 3 is 2.59 bits per heavy atom. The Hall–Kier alpha value is -2.02. The van der Waals surface area contributed by atoms with Crippen LogP contribution in [0.3, 0.4) is 0 Å². The minimum atomic E-state index is 0.998. The van der Waals surface area contributed by atoms with E-state index in [1.54, 1.807) is 6.26 Å². The minimum Gasteiger partial charge on any atom is -0.464 e. The zero-order valence-corrected chi connectivity index (χ0v) is 9.81. The van der Waals surface area contributed by atoms with E-state index in [0.717, 1.165) is 17.7 Å². The van der Waals surface area contributed by atoms with Crippen LogP contribution in [0.25, 0.3) is 22.1 Å². The summed E-state index contributed by atoms with van der Waals surface area (Å²) in [4.78, 5) is 0. The molecule has 0 aliphatic rings. The molecular weight excluding hydrogens is 208 g/mol. The SMILES string of the molecule is CCc1ccoc1-c1ccc2ccccc2c1. The smallest absolute Gasteiger partial charge is 0.137 e. The predicted molar refractivity (Wildman–Crippen MR) is 71.0 cm³/mol. The first-order chi connectivity index (χ1) is 8.38. The van der Waals surface area contributed by atoms with Gasteiger partial charge in [0.05, 0.1) is 6.26 Å². The Bertz CT molecular complexity index is 649. The molecule has 17 heavy (non-hydrogen) atoms. The lowest BCUT2D eigenvalue weighted by Crippen LogP contribution is -1.82. The molecule has 1 heterocycles. The van der Waals surface area contributed by atoms with E-state index in [9.17, 15) is 0 Å². The van der Waals surface area contributed by atoms with Gasteiger partial charge in [-0.05, 0) is 34.9 Å². The first kappa shape index (κ1) is 10.2. The van der Waals surface area contributed by atoms with Crippen molar-refractivity contribution in [3.05, 3.63) is 60.4 Å². The van der Waals surface area contributed by atoms with Crippen LogP contribution in [0.4, 0.5) is 0 Å². The topological polar surface area (TPSA) is 13.1 Å². The monoisotopic (exact) mass is 222 g/mol. The van der Waals surface area contributed by atoms with Gasteiger partial charge in [0.2, 0.25) is 0 Å². The minimum absolute atomic E-state index is 0.998. The first-order valence-corrected chi connectivity index (χ1v) is 5.94. The van der Waals surface area contributed by atoms with Gasteiger partial charge in [0.25, 0.3) is 0 Å². The van der Waals surface area contributed by atoms with Gasteiger partial charge in [-0.25, -0.2) is 0 Å². The zero-order chi connectivity index (χ0) is 11.7. The van der Waals surface area contributed by atoms with Crippen molar-refractivity contribution in [1.82, 2.24) is 0 Å². The second-order valence-corrected chi connectivity index (χ2v) is 4.19. The van der Waals surface area contributed by atoms with Crippen molar-refractivity contribution in [3.63, 3.8) is 0 Å². The number of hydrogen-bond donors (Lipinski definition) is 0. The summed E-state index contributed by atoms with van der Waals surface area (Å²) in [5, 5.41) is 2.52. The van der Waals surface area contributed by atoms with E-state index < -0.39 is 0 Å². The molecule has 0 radical (unpaired) electrons. The molecule has 0 fully saturated rings. The normalized spacial score (nSPS) is 10.9. The molecular formula is C16H14O. The third-order valence-corrected chi connectivity index (χ3v) is 3.14. The van der Waals surface area contributed by atoms with E-state index in [-0.39, 0.29) is 0 Å². The third kappa shape index (κ3) is 1.74. The summed E-state index contributed by atoms with van der Waals surface area (Å²) in [6.07, 6.45) is 2.77. The van der Waals surface area contributed by atoms with Crippen LogP contribution in [0.1, 0.15) is 12.5 Å². The molecule has 2 aromatic carbocycles. The highest BCUT2D eigenvalue weighted by Crippen LogP contribution is 2.28. The molecule has 0 unspecified atom stereocenters. The maximum Gasteiger partial charge on any atom is 0.137 e. The van der Waals surface area contributed by atoms with Gasteiger partial charge in [-0.2, -0.15) is 0 Å². The van der Waals surface area contributed by atoms with Crippen molar-refractivity contribution in [1.29, 1.82) is 0 Å². The molecule has 0 saturated carbocycles. The van der Waals surface area contributed by atoms with Gasteiger partial charge in [0.1, 0.15) is 5.76 Å². The van der Waals surface area contributed by atoms with Crippen molar-refractivity contribution in [2.45, 2.75) is 13.3 Å². The highest BCUT2D eigenvalue weighted by Gasteiger charge is 2.07. The summed E-state index contributed by atoms with van der Waals surface area (Å²) < 4.78 is 5.59. The second kappa shape index (κ2) is 4.10. The molecule has 0 spiro atoms. The lowest BCUT2D eigenvalue weighted by Gasteiger charge is -2.03. The summed E-state index contributed by atoms with van der Waals surface area (Å²) >= 11 is 0. The number of hydrogen-bond acceptors (Lipinski definition) is 1. The van der Waals surface area contributed by atoms with Crippen LogP contribution in [-0.4, -0.2) is 0 Å². The van der Waals surface area contributed by atoms with Crippen LogP contribution in [0.2, 0.25) is 0 Å². The Labute approximate surface area is 101 Å². The van der Waals surface area contributed by atoms with E-state index in [4.69, 9.17) is 4.42 Å². The predicted octanol–water partition coefficient (Wildman–Crippen LogP) is 4.66. The van der Waals surface area contributed by atoms with Crippen molar-refractivity contribution in [2.24, 2.45) is 0 Å². The average Bonchev–Trinajstić information content (AvgIpc) is 2.86. The van der Waals surface area contributed by atoms with Gasteiger partial charge in [-0.1, -0.05) is 43.3 Å². The maximum absolute atomic E-state index is 5.59. The van der Waals surface area contributed by atoms with Gasteiger partial charge in [0.15, 0.2) is 0 Å². The fraction of sp³-hybridized carbons (Fsp3) is 0.125. The fourth-order valence-corrected chi connectivity index (χ4v) is 2.20. The Morgan fingerprint density at radius 1 is 0.941 bits per heavy atom. The standard InChI is InChI=1S/C16H14O/c1-2-12-9-10-17-16(12)15-8-7-13-5-3-4-6-14(13)11-15/h3-11H,2H2,1H3. The molecule has 0 N–H and O–H groups in total. The van der Waals surface area contributed by atoms with Gasteiger partial charge >= 0.3 is 0 Å². The third-order valence-electron chi connectivity index (χ3n) is 3.14. The van der Waals surface area contributed by atoms with Crippen molar-refractivity contribution in [2.75, 3.05) is 0 Å². The van der Waals surface area contributed by atoms with Gasteiger partial charge in [-0.3, -0.25) is 0 Å². The largest absolute Gasteiger partial charge is 0.464 e. The van der Waals surface area contributed by atoms with Crippen molar-refractivity contribution >= 4 is 10.8 Å². The molecule has 0 aliphatic carbocycles. The summed E-state index contributed by atoms with van der Waals surface area (Å²) in [6.45, 7) is 2.15. The van der Waals surface area contributed by atoms with E-state index >= 15 is 0 Å². The van der Waals surface area contributed by atoms with Crippen molar-refractivity contribution in [3.8, 4) is 11.3 Å². The zero-order valence-electron chi connectivity index (χ0n) is 9.81. The molecule has 0 amide bonds. The average molecular weight is 222 g/mol. The Kier molecular flexibility index (Phi) is 2.45. The van der Waals surface area contributed by atoms with Gasteiger partial charge in [-0.15, -0.1) is 0 Å². The fourth-order valence-electron chi connectivity index (χ4n) is 2.20. The van der Waals surface area contributed by atoms with E-state index in [2.05, 4.69) is 49.4 Å². The number of fused-ring (bicyclic) bond motifs is 1. The highest BCUT2D eigenvalue weighted by atomic mass is 16.3. The van der Waals surface area contributed by atoms with Crippen LogP contribution >= 0.6 is 0 Å². The van der Waals surface area contributed by atoms with Crippen LogP contribution in [-0.2, 0) is 6.42 Å². The van der Waals surface area contributed by atoms with Gasteiger partial charge in [0, 0.05) is 5.56 Å². The molecule has 0 saturated heterocycles. The molecule has 0 bridgehead atoms. The molecule has 0 aliphatic heterocycles. The first-order valence-electron chi connectivity index (χ1n) is 5.94. The Balaban J connectivity index is 2.18. The summed E-state index contributed by atoms with van der Waals surface area (Å²) in [5.74, 6) is 0.998. The summed E-state index contributed by atoms with van der Waals surface area (Å²) in [5.41, 5.74) is 2.42. The second-order valence-electron chi connectivity index (χ2n) is 4.19. The molecule has 1 heteroatoms. The van der Waals surface area contributed by atoms with E-state index in [1.165, 1.54) is 16.3 Å². The summed E-state index contributed by atoms with van der Waals surface area (Å²) in [6, 6.07) is 16.9. The van der Waals surface area contributed by atoms with Crippen molar-refractivity contribution < 1.29 is 4.42 Å². The number of benzene rings is 2. The molecule has 84 valence electrons. The van der Waals surface area contributed by atoms with E-state index in [1.807, 2.05) is 6.07 Å². The lowest BCUT2D eigenvalue weighted by atomic mass is 10.0. The number of furan rings is 1. The van der Waals surface area contributed by atoms with Crippen LogP contribution in [0.5, 0.6) is 0 Å². The van der Waals surface area contributed by atoms with Crippen LogP contribution < -0.4 is 0 Å². The molecule has 0 atom stereocenters. The lowest BCUT2D eigenvalue weighted by molar-refractivity contribution is 0.580. The molecule has 1 nitrogen and oxygen atoms in total. The van der Waals surface area contributed by atoms with E-state index in [0.29, 0.717) is 0 Å². The number of aryl methyl sites for hydroxylation is 1. The van der Waals surface area contributed by atoms with Crippen LogP contribution in [0.15, 0.2) is 59.2 Å².